The lowest BCUT2D eigenvalue weighted by Gasteiger charge is -2.32. The van der Waals surface area contributed by atoms with E-state index < -0.39 is 17.8 Å². The molecule has 0 aliphatic carbocycles. The Hall–Kier alpha value is -4.14. The molecule has 0 aromatic heterocycles. The van der Waals surface area contributed by atoms with Gasteiger partial charge in [0.25, 0.3) is 5.91 Å². The van der Waals surface area contributed by atoms with E-state index in [1.165, 1.54) is 12.1 Å². The van der Waals surface area contributed by atoms with Crippen LogP contribution in [0.4, 0.5) is 13.2 Å². The molecule has 1 saturated heterocycles. The SMILES string of the molecule is CCCNC(=O)[C@@H](NC(=O)C1CCN(C(=O)c2ccccc2-c2ccc(C(F)(F)F)cc2)CC1)c1ccccc1. The summed E-state index contributed by atoms with van der Waals surface area (Å²) < 4.78 is 39.0. The first kappa shape index (κ1) is 28.9. The zero-order valence-corrected chi connectivity index (χ0v) is 22.2. The van der Waals surface area contributed by atoms with Crippen molar-refractivity contribution in [1.82, 2.24) is 15.5 Å². The molecule has 1 heterocycles. The van der Waals surface area contributed by atoms with Gasteiger partial charge >= 0.3 is 6.18 Å². The third-order valence-corrected chi connectivity index (χ3v) is 7.06. The van der Waals surface area contributed by atoms with Crippen LogP contribution in [-0.2, 0) is 15.8 Å². The van der Waals surface area contributed by atoms with Gasteiger partial charge in [-0.25, -0.2) is 0 Å². The lowest BCUT2D eigenvalue weighted by atomic mass is 9.93. The van der Waals surface area contributed by atoms with E-state index in [2.05, 4.69) is 10.6 Å². The number of nitrogens with one attached hydrogen (secondary N) is 2. The number of rotatable bonds is 8. The fourth-order valence-corrected chi connectivity index (χ4v) is 4.83. The Morgan fingerprint density at radius 1 is 0.900 bits per heavy atom. The van der Waals surface area contributed by atoms with Gasteiger partial charge in [-0.2, -0.15) is 13.2 Å². The normalized spacial score (nSPS) is 14.8. The number of nitrogens with zero attached hydrogens (tertiary/aromatic N) is 1. The van der Waals surface area contributed by atoms with Gasteiger partial charge in [-0.3, -0.25) is 14.4 Å². The Balaban J connectivity index is 1.42. The molecule has 1 aliphatic heterocycles. The summed E-state index contributed by atoms with van der Waals surface area (Å²) in [5.74, 6) is -1.11. The summed E-state index contributed by atoms with van der Waals surface area (Å²) in [6.07, 6.45) is -2.81. The number of hydrogen-bond acceptors (Lipinski definition) is 3. The molecule has 0 saturated carbocycles. The number of piperidine rings is 1. The minimum atomic E-state index is -4.44. The largest absolute Gasteiger partial charge is 0.416 e. The zero-order valence-electron chi connectivity index (χ0n) is 22.2. The first-order valence-corrected chi connectivity index (χ1v) is 13.4. The van der Waals surface area contributed by atoms with Crippen LogP contribution in [0.2, 0.25) is 0 Å². The molecule has 0 spiro atoms. The van der Waals surface area contributed by atoms with Crippen molar-refractivity contribution in [3.8, 4) is 11.1 Å². The van der Waals surface area contributed by atoms with E-state index >= 15 is 0 Å². The van der Waals surface area contributed by atoms with Gasteiger partial charge in [0, 0.05) is 31.1 Å². The Labute approximate surface area is 231 Å². The van der Waals surface area contributed by atoms with Crippen molar-refractivity contribution in [2.24, 2.45) is 5.92 Å². The van der Waals surface area contributed by atoms with Crippen LogP contribution in [0.15, 0.2) is 78.9 Å². The number of amides is 3. The maximum Gasteiger partial charge on any atom is 0.416 e. The van der Waals surface area contributed by atoms with Crippen LogP contribution in [-0.4, -0.2) is 42.3 Å². The highest BCUT2D eigenvalue weighted by Crippen LogP contribution is 2.32. The second-order valence-corrected chi connectivity index (χ2v) is 9.83. The average molecular weight is 552 g/mol. The number of halogens is 3. The third kappa shape index (κ3) is 6.89. The van der Waals surface area contributed by atoms with E-state index in [0.29, 0.717) is 54.7 Å². The summed E-state index contributed by atoms with van der Waals surface area (Å²) >= 11 is 0. The van der Waals surface area contributed by atoms with Gasteiger partial charge in [0.05, 0.1) is 5.56 Å². The Bertz CT molecular complexity index is 1320. The molecular formula is C31H32F3N3O3. The highest BCUT2D eigenvalue weighted by atomic mass is 19.4. The van der Waals surface area contributed by atoms with Crippen LogP contribution >= 0.6 is 0 Å². The van der Waals surface area contributed by atoms with Gasteiger partial charge < -0.3 is 15.5 Å². The predicted octanol–water partition coefficient (Wildman–Crippen LogP) is 5.61. The van der Waals surface area contributed by atoms with Crippen molar-refractivity contribution in [3.05, 3.63) is 95.6 Å². The number of alkyl halides is 3. The molecule has 0 bridgehead atoms. The van der Waals surface area contributed by atoms with E-state index in [-0.39, 0.29) is 23.6 Å². The van der Waals surface area contributed by atoms with Crippen LogP contribution in [0, 0.1) is 5.92 Å². The molecule has 4 rings (SSSR count). The van der Waals surface area contributed by atoms with Crippen molar-refractivity contribution in [1.29, 1.82) is 0 Å². The molecule has 1 aliphatic rings. The van der Waals surface area contributed by atoms with E-state index in [0.717, 1.165) is 18.6 Å². The lowest BCUT2D eigenvalue weighted by Crippen LogP contribution is -2.46. The van der Waals surface area contributed by atoms with Gasteiger partial charge in [0.2, 0.25) is 11.8 Å². The first-order chi connectivity index (χ1) is 19.2. The van der Waals surface area contributed by atoms with Crippen LogP contribution in [0.5, 0.6) is 0 Å². The molecule has 1 fully saturated rings. The molecular weight excluding hydrogens is 519 g/mol. The standard InChI is InChI=1S/C31H32F3N3O3/c1-2-18-35-29(39)27(22-8-4-3-5-9-22)36-28(38)23-16-19-37(20-17-23)30(40)26-11-7-6-10-25(26)21-12-14-24(15-13-21)31(32,33)34/h3-15,23,27H,2,16-20H2,1H3,(H,35,39)(H,36,38)/t27-/m0/s1. The van der Waals surface area contributed by atoms with Crippen molar-refractivity contribution >= 4 is 17.7 Å². The molecule has 3 amide bonds. The molecule has 2 N–H and O–H groups in total. The fraction of sp³-hybridized carbons (Fsp3) is 0.323. The van der Waals surface area contributed by atoms with E-state index in [4.69, 9.17) is 0 Å². The number of hydrogen-bond donors (Lipinski definition) is 2. The van der Waals surface area contributed by atoms with Crippen LogP contribution in [0.25, 0.3) is 11.1 Å². The highest BCUT2D eigenvalue weighted by molar-refractivity contribution is 6.01. The molecule has 3 aromatic rings. The Kier molecular flexibility index (Phi) is 9.24. The second-order valence-electron chi connectivity index (χ2n) is 9.83. The summed E-state index contributed by atoms with van der Waals surface area (Å²) in [6.45, 7) is 3.15. The molecule has 6 nitrogen and oxygen atoms in total. The monoisotopic (exact) mass is 551 g/mol. The summed E-state index contributed by atoms with van der Waals surface area (Å²) in [6, 6.07) is 19.8. The van der Waals surface area contributed by atoms with Crippen LogP contribution in [0.3, 0.4) is 0 Å². The quantitative estimate of drug-likeness (QED) is 0.382. The Morgan fingerprint density at radius 3 is 2.15 bits per heavy atom. The van der Waals surface area contributed by atoms with Crippen molar-refractivity contribution in [3.63, 3.8) is 0 Å². The Morgan fingerprint density at radius 2 is 1.52 bits per heavy atom. The molecule has 40 heavy (non-hydrogen) atoms. The van der Waals surface area contributed by atoms with Gasteiger partial charge in [0.15, 0.2) is 0 Å². The minimum Gasteiger partial charge on any atom is -0.354 e. The molecule has 1 atom stereocenters. The zero-order chi connectivity index (χ0) is 28.7. The topological polar surface area (TPSA) is 78.5 Å². The number of likely N-dealkylation sites (tertiary alicyclic amines) is 1. The maximum atomic E-state index is 13.4. The van der Waals surface area contributed by atoms with E-state index in [9.17, 15) is 27.6 Å². The molecule has 9 heteroatoms. The van der Waals surface area contributed by atoms with Crippen LogP contribution in [0.1, 0.15) is 53.7 Å². The molecule has 3 aromatic carbocycles. The van der Waals surface area contributed by atoms with E-state index in [1.807, 2.05) is 25.1 Å². The second kappa shape index (κ2) is 12.8. The molecule has 210 valence electrons. The van der Waals surface area contributed by atoms with E-state index in [1.54, 1.807) is 41.3 Å². The lowest BCUT2D eigenvalue weighted by molar-refractivity contribution is -0.137. The summed E-state index contributed by atoms with van der Waals surface area (Å²) in [5.41, 5.74) is 1.39. The number of benzene rings is 3. The third-order valence-electron chi connectivity index (χ3n) is 7.06. The first-order valence-electron chi connectivity index (χ1n) is 13.4. The van der Waals surface area contributed by atoms with Crippen molar-refractivity contribution in [2.75, 3.05) is 19.6 Å². The predicted molar refractivity (Wildman–Crippen MR) is 146 cm³/mol. The van der Waals surface area contributed by atoms with Gasteiger partial charge in [-0.05, 0) is 54.2 Å². The van der Waals surface area contributed by atoms with Gasteiger partial charge in [-0.15, -0.1) is 0 Å². The fourth-order valence-electron chi connectivity index (χ4n) is 4.83. The molecule has 0 unspecified atom stereocenters. The van der Waals surface area contributed by atoms with Crippen molar-refractivity contribution in [2.45, 2.75) is 38.4 Å². The van der Waals surface area contributed by atoms with Crippen LogP contribution < -0.4 is 10.6 Å². The smallest absolute Gasteiger partial charge is 0.354 e. The van der Waals surface area contributed by atoms with Gasteiger partial charge in [-0.1, -0.05) is 67.6 Å². The van der Waals surface area contributed by atoms with Crippen molar-refractivity contribution < 1.29 is 27.6 Å². The average Bonchev–Trinajstić information content (AvgIpc) is 2.98. The summed E-state index contributed by atoms with van der Waals surface area (Å²) in [4.78, 5) is 41.1. The highest BCUT2D eigenvalue weighted by Gasteiger charge is 2.32. The summed E-state index contributed by atoms with van der Waals surface area (Å²) in [5, 5.41) is 5.74. The number of carbonyl (C=O) groups is 3. The van der Waals surface area contributed by atoms with Gasteiger partial charge in [0.1, 0.15) is 6.04 Å². The maximum absolute atomic E-state index is 13.4. The number of carbonyl (C=O) groups excluding carboxylic acids is 3. The molecule has 0 radical (unpaired) electrons. The summed E-state index contributed by atoms with van der Waals surface area (Å²) in [7, 11) is 0. The minimum absolute atomic E-state index is 0.238.